The van der Waals surface area contributed by atoms with Crippen LogP contribution < -0.4 is 5.32 Å². The predicted molar refractivity (Wildman–Crippen MR) is 132 cm³/mol. The Hall–Kier alpha value is -2.67. The number of benzene rings is 1. The number of hydrogen-bond donors (Lipinski definition) is 1. The fourth-order valence-corrected chi connectivity index (χ4v) is 3.86. The summed E-state index contributed by atoms with van der Waals surface area (Å²) in [6, 6.07) is 9.38. The summed E-state index contributed by atoms with van der Waals surface area (Å²) < 4.78 is 5.02. The Labute approximate surface area is 198 Å². The summed E-state index contributed by atoms with van der Waals surface area (Å²) in [5.74, 6) is 0.566. The molecule has 1 unspecified atom stereocenters. The zero-order valence-electron chi connectivity index (χ0n) is 20.9. The number of rotatable bonds is 14. The minimum absolute atomic E-state index is 0.0330. The summed E-state index contributed by atoms with van der Waals surface area (Å²) in [5, 5.41) is 6.55. The van der Waals surface area contributed by atoms with E-state index in [1.165, 1.54) is 5.56 Å². The van der Waals surface area contributed by atoms with Crippen molar-refractivity contribution in [1.29, 1.82) is 0 Å². The lowest BCUT2D eigenvalue weighted by Crippen LogP contribution is -2.44. The van der Waals surface area contributed by atoms with Gasteiger partial charge in [-0.15, -0.1) is 0 Å². The molecule has 7 heteroatoms. The van der Waals surface area contributed by atoms with Crippen LogP contribution in [-0.4, -0.2) is 59.0 Å². The second-order valence-corrected chi connectivity index (χ2v) is 8.62. The molecule has 0 aliphatic rings. The number of carbonyl (C=O) groups is 2. The van der Waals surface area contributed by atoms with Crippen molar-refractivity contribution in [2.24, 2.45) is 0 Å². The Morgan fingerprint density at radius 2 is 1.79 bits per heavy atom. The first-order valence-electron chi connectivity index (χ1n) is 12.2. The van der Waals surface area contributed by atoms with Crippen LogP contribution in [0.15, 0.2) is 34.9 Å². The standard InChI is InChI=1S/C26H40N4O3/c1-6-9-12-22-13-15-23(16-14-22)26(32)30(20(4)11-10-17-29(7-2)8-3)19-25(31)27-24-18-21(5)33-28-24/h13-16,18,20H,6-12,17,19H2,1-5H3,(H,27,28,31). The predicted octanol–water partition coefficient (Wildman–Crippen LogP) is 4.92. The van der Waals surface area contributed by atoms with E-state index in [4.69, 9.17) is 4.52 Å². The van der Waals surface area contributed by atoms with Gasteiger partial charge in [-0.1, -0.05) is 44.5 Å². The first-order valence-corrected chi connectivity index (χ1v) is 12.2. The lowest BCUT2D eigenvalue weighted by atomic mass is 10.0. The first kappa shape index (κ1) is 26.6. The molecule has 1 heterocycles. The number of amides is 2. The Bertz CT molecular complexity index is 859. The van der Waals surface area contributed by atoms with Gasteiger partial charge in [0.25, 0.3) is 5.91 Å². The molecule has 0 saturated carbocycles. The van der Waals surface area contributed by atoms with Crippen molar-refractivity contribution < 1.29 is 14.1 Å². The molecule has 0 aliphatic heterocycles. The molecule has 0 aliphatic carbocycles. The smallest absolute Gasteiger partial charge is 0.254 e. The number of aryl methyl sites for hydroxylation is 2. The second-order valence-electron chi connectivity index (χ2n) is 8.62. The van der Waals surface area contributed by atoms with Crippen LogP contribution in [-0.2, 0) is 11.2 Å². The Balaban J connectivity index is 2.10. The Morgan fingerprint density at radius 3 is 2.36 bits per heavy atom. The quantitative estimate of drug-likeness (QED) is 0.437. The SMILES string of the molecule is CCCCc1ccc(C(=O)N(CC(=O)Nc2cc(C)on2)C(C)CCCN(CC)CC)cc1. The summed E-state index contributed by atoms with van der Waals surface area (Å²) in [6.07, 6.45) is 5.07. The van der Waals surface area contributed by atoms with E-state index in [0.717, 1.165) is 51.7 Å². The molecule has 0 bridgehead atoms. The maximum absolute atomic E-state index is 13.4. The molecule has 0 fully saturated rings. The van der Waals surface area contributed by atoms with E-state index in [9.17, 15) is 9.59 Å². The molecule has 1 atom stereocenters. The maximum Gasteiger partial charge on any atom is 0.254 e. The summed E-state index contributed by atoms with van der Waals surface area (Å²) in [6.45, 7) is 13.2. The second kappa shape index (κ2) is 13.8. The average Bonchev–Trinajstić information content (AvgIpc) is 3.22. The zero-order valence-corrected chi connectivity index (χ0v) is 20.9. The molecule has 2 aromatic rings. The van der Waals surface area contributed by atoms with Crippen LogP contribution in [0, 0.1) is 6.92 Å². The van der Waals surface area contributed by atoms with Gasteiger partial charge in [0.2, 0.25) is 5.91 Å². The van der Waals surface area contributed by atoms with E-state index in [-0.39, 0.29) is 24.4 Å². The summed E-state index contributed by atoms with van der Waals surface area (Å²) in [5.41, 5.74) is 1.84. The number of anilines is 1. The van der Waals surface area contributed by atoms with E-state index in [0.29, 0.717) is 17.1 Å². The number of hydrogen-bond acceptors (Lipinski definition) is 5. The molecular weight excluding hydrogens is 416 g/mol. The lowest BCUT2D eigenvalue weighted by molar-refractivity contribution is -0.117. The third-order valence-corrected chi connectivity index (χ3v) is 6.01. The van der Waals surface area contributed by atoms with Crippen LogP contribution in [0.5, 0.6) is 0 Å². The average molecular weight is 457 g/mol. The van der Waals surface area contributed by atoms with E-state index >= 15 is 0 Å². The molecule has 182 valence electrons. The largest absolute Gasteiger partial charge is 0.360 e. The van der Waals surface area contributed by atoms with E-state index in [1.54, 1.807) is 17.9 Å². The van der Waals surface area contributed by atoms with E-state index in [2.05, 4.69) is 36.1 Å². The van der Waals surface area contributed by atoms with Gasteiger partial charge in [-0.2, -0.15) is 0 Å². The van der Waals surface area contributed by atoms with Crippen molar-refractivity contribution in [3.8, 4) is 0 Å². The van der Waals surface area contributed by atoms with Gasteiger partial charge in [-0.25, -0.2) is 0 Å². The number of aromatic nitrogens is 1. The highest BCUT2D eigenvalue weighted by Crippen LogP contribution is 2.16. The van der Waals surface area contributed by atoms with Gasteiger partial charge in [0.1, 0.15) is 12.3 Å². The molecule has 1 N–H and O–H groups in total. The molecule has 1 aromatic heterocycles. The molecular formula is C26H40N4O3. The van der Waals surface area contributed by atoms with Crippen LogP contribution in [0.1, 0.15) is 75.1 Å². The van der Waals surface area contributed by atoms with Crippen LogP contribution in [0.3, 0.4) is 0 Å². The highest BCUT2D eigenvalue weighted by atomic mass is 16.5. The highest BCUT2D eigenvalue weighted by Gasteiger charge is 2.24. The van der Waals surface area contributed by atoms with Crippen molar-refractivity contribution in [2.75, 3.05) is 31.5 Å². The molecule has 0 saturated heterocycles. The fourth-order valence-electron chi connectivity index (χ4n) is 3.86. The lowest BCUT2D eigenvalue weighted by Gasteiger charge is -2.29. The fraction of sp³-hybridized carbons (Fsp3) is 0.577. The van der Waals surface area contributed by atoms with Crippen LogP contribution >= 0.6 is 0 Å². The molecule has 1 aromatic carbocycles. The van der Waals surface area contributed by atoms with Crippen molar-refractivity contribution >= 4 is 17.6 Å². The molecule has 2 amide bonds. The van der Waals surface area contributed by atoms with Gasteiger partial charge in [-0.05, 0) is 76.9 Å². The summed E-state index contributed by atoms with van der Waals surface area (Å²) in [4.78, 5) is 30.2. The maximum atomic E-state index is 13.4. The van der Waals surface area contributed by atoms with Gasteiger partial charge >= 0.3 is 0 Å². The van der Waals surface area contributed by atoms with Crippen molar-refractivity contribution in [3.05, 3.63) is 47.2 Å². The van der Waals surface area contributed by atoms with Crippen LogP contribution in [0.4, 0.5) is 5.82 Å². The normalized spacial score (nSPS) is 12.1. The molecule has 2 rings (SSSR count). The van der Waals surface area contributed by atoms with Crippen LogP contribution in [0.2, 0.25) is 0 Å². The summed E-state index contributed by atoms with van der Waals surface area (Å²) >= 11 is 0. The van der Waals surface area contributed by atoms with Gasteiger partial charge in [-0.3, -0.25) is 9.59 Å². The van der Waals surface area contributed by atoms with Crippen molar-refractivity contribution in [1.82, 2.24) is 15.0 Å². The highest BCUT2D eigenvalue weighted by molar-refractivity contribution is 5.99. The Morgan fingerprint density at radius 1 is 1.09 bits per heavy atom. The van der Waals surface area contributed by atoms with Crippen molar-refractivity contribution in [3.63, 3.8) is 0 Å². The van der Waals surface area contributed by atoms with Gasteiger partial charge in [0.15, 0.2) is 5.82 Å². The number of nitrogens with one attached hydrogen (secondary N) is 1. The zero-order chi connectivity index (χ0) is 24.2. The van der Waals surface area contributed by atoms with Gasteiger partial charge in [0, 0.05) is 17.7 Å². The minimum atomic E-state index is -0.285. The topological polar surface area (TPSA) is 78.7 Å². The van der Waals surface area contributed by atoms with Crippen LogP contribution in [0.25, 0.3) is 0 Å². The molecule has 33 heavy (non-hydrogen) atoms. The third-order valence-electron chi connectivity index (χ3n) is 6.01. The van der Waals surface area contributed by atoms with E-state index < -0.39 is 0 Å². The number of carbonyl (C=O) groups excluding carboxylic acids is 2. The summed E-state index contributed by atoms with van der Waals surface area (Å²) in [7, 11) is 0. The first-order chi connectivity index (χ1) is 15.9. The monoisotopic (exact) mass is 456 g/mol. The molecule has 7 nitrogen and oxygen atoms in total. The number of unbranched alkanes of at least 4 members (excludes halogenated alkanes) is 1. The Kier molecular flexibility index (Phi) is 11.1. The molecule has 0 radical (unpaired) electrons. The van der Waals surface area contributed by atoms with Crippen molar-refractivity contribution in [2.45, 2.75) is 72.8 Å². The van der Waals surface area contributed by atoms with Gasteiger partial charge in [0.05, 0.1) is 0 Å². The molecule has 0 spiro atoms. The van der Waals surface area contributed by atoms with Gasteiger partial charge < -0.3 is 19.6 Å². The minimum Gasteiger partial charge on any atom is -0.360 e. The third kappa shape index (κ3) is 8.65. The number of nitrogens with zero attached hydrogens (tertiary/aromatic N) is 3. The van der Waals surface area contributed by atoms with E-state index in [1.807, 2.05) is 31.2 Å².